The number of alkyl halides is 6. The second-order valence-electron chi connectivity index (χ2n) is 12.9. The van der Waals surface area contributed by atoms with Gasteiger partial charge in [0.15, 0.2) is 6.23 Å². The number of aliphatic hydroxyl groups is 2. The molecule has 0 spiro atoms. The van der Waals surface area contributed by atoms with Crippen LogP contribution in [0.3, 0.4) is 0 Å². The first-order valence-corrected chi connectivity index (χ1v) is 18.6. The molecule has 2 fully saturated rings. The summed E-state index contributed by atoms with van der Waals surface area (Å²) >= 11 is 1.67. The van der Waals surface area contributed by atoms with Gasteiger partial charge in [0.25, 0.3) is 5.91 Å². The van der Waals surface area contributed by atoms with Gasteiger partial charge in [-0.1, -0.05) is 31.5 Å². The summed E-state index contributed by atoms with van der Waals surface area (Å²) in [4.78, 5) is 32.3. The first-order valence-electron chi connectivity index (χ1n) is 16.8. The van der Waals surface area contributed by atoms with Crippen molar-refractivity contribution in [3.8, 4) is 5.75 Å². The summed E-state index contributed by atoms with van der Waals surface area (Å²) in [5.41, 5.74) is -4.57. The van der Waals surface area contributed by atoms with Crippen LogP contribution in [0.5, 0.6) is 5.75 Å². The third-order valence-corrected chi connectivity index (χ3v) is 11.6. The minimum absolute atomic E-state index is 0.00488. The molecule has 3 N–H and O–H groups in total. The first-order chi connectivity index (χ1) is 24.5. The molecule has 17 heteroatoms. The molecule has 3 atom stereocenters. The average molecular weight is 776 g/mol. The number of amides is 1. The number of hydrogen-bond donors (Lipinski definition) is 3. The molecule has 2 aliphatic rings. The number of aliphatic hydroxyl groups excluding tert-OH is 1. The number of aromatic nitrogens is 1. The van der Waals surface area contributed by atoms with Gasteiger partial charge in [0.1, 0.15) is 10.6 Å². The van der Waals surface area contributed by atoms with Gasteiger partial charge >= 0.3 is 18.3 Å². The summed E-state index contributed by atoms with van der Waals surface area (Å²) in [5, 5.41) is 33.6. The quantitative estimate of drug-likeness (QED) is 0.128. The van der Waals surface area contributed by atoms with Crippen molar-refractivity contribution in [3.63, 3.8) is 0 Å². The molecule has 1 amide bonds. The summed E-state index contributed by atoms with van der Waals surface area (Å²) in [5.74, 6) is -1.54. The molecule has 2 aromatic heterocycles. The Morgan fingerprint density at radius 2 is 1.77 bits per heavy atom. The number of carbonyl (C=O) groups excluding carboxylic acids is 1. The molecule has 5 rings (SSSR count). The molecule has 284 valence electrons. The molecule has 52 heavy (non-hydrogen) atoms. The standard InChI is InChI=1S/C35H39F6N3O6S2/c1-2-7-26-33(50-22-20-27(52-21-22)35(39,40)41,12-6-16-44(26)30(47)29-24(34(36,37)38)9-5-15-42-29)31(48)43-17-13-32(49,14-18-43)23-8-3-4-10-25(23)51-19-11-28(45)46/h3-5,8-10,15,20-21,26,30,47,49H,2,6-7,11-14,16-19H2,1H3,(H,45,46)/t26-,30?,33+/m1/s1. The number of rotatable bonds is 12. The summed E-state index contributed by atoms with van der Waals surface area (Å²) in [6.07, 6.45) is -9.66. The molecule has 2 aliphatic heterocycles. The van der Waals surface area contributed by atoms with E-state index in [9.17, 15) is 46.1 Å². The SMILES string of the molecule is CCC[C@H]1N(C(O)c2ncccc2C(F)(F)F)CCC[C@@]1(Oc1csc(C(F)(F)F)c1)C(=O)N1CCC(O)(c2ccccc2SCCC(=O)O)CC1. The fourth-order valence-corrected chi connectivity index (χ4v) is 8.85. The number of likely N-dealkylation sites (tertiary alicyclic amines) is 2. The molecule has 0 aliphatic carbocycles. The zero-order valence-corrected chi connectivity index (χ0v) is 29.8. The molecule has 0 radical (unpaired) electrons. The van der Waals surface area contributed by atoms with Crippen molar-refractivity contribution in [2.24, 2.45) is 0 Å². The van der Waals surface area contributed by atoms with E-state index in [1.807, 2.05) is 0 Å². The number of aliphatic carboxylic acids is 1. The van der Waals surface area contributed by atoms with Crippen LogP contribution >= 0.6 is 23.1 Å². The molecule has 2 saturated heterocycles. The topological polar surface area (TPSA) is 123 Å². The van der Waals surface area contributed by atoms with E-state index in [0.29, 0.717) is 28.2 Å². The third kappa shape index (κ3) is 8.54. The maximum absolute atomic E-state index is 14.9. The number of carbonyl (C=O) groups is 2. The maximum atomic E-state index is 14.9. The maximum Gasteiger partial charge on any atom is 0.425 e. The van der Waals surface area contributed by atoms with Gasteiger partial charge < -0.3 is 25.0 Å². The van der Waals surface area contributed by atoms with Crippen LogP contribution in [0.15, 0.2) is 58.9 Å². The number of hydrogen-bond acceptors (Lipinski definition) is 9. The molecule has 4 heterocycles. The largest absolute Gasteiger partial charge is 0.481 e. The first kappa shape index (κ1) is 39.8. The van der Waals surface area contributed by atoms with Crippen molar-refractivity contribution < 1.29 is 56.0 Å². The van der Waals surface area contributed by atoms with Crippen molar-refractivity contribution in [2.75, 3.05) is 25.4 Å². The predicted octanol–water partition coefficient (Wildman–Crippen LogP) is 7.33. The Hall–Kier alpha value is -3.38. The van der Waals surface area contributed by atoms with E-state index in [1.165, 1.54) is 21.6 Å². The fraction of sp³-hybridized carbons (Fsp3) is 0.514. The van der Waals surface area contributed by atoms with Crippen molar-refractivity contribution >= 4 is 35.0 Å². The summed E-state index contributed by atoms with van der Waals surface area (Å²) < 4.78 is 89.4. The van der Waals surface area contributed by atoms with Gasteiger partial charge in [0.2, 0.25) is 5.60 Å². The van der Waals surface area contributed by atoms with Crippen LogP contribution in [-0.4, -0.2) is 79.0 Å². The number of benzene rings is 1. The lowest BCUT2D eigenvalue weighted by Crippen LogP contribution is -2.68. The minimum Gasteiger partial charge on any atom is -0.481 e. The predicted molar refractivity (Wildman–Crippen MR) is 181 cm³/mol. The highest BCUT2D eigenvalue weighted by atomic mass is 32.2. The monoisotopic (exact) mass is 775 g/mol. The van der Waals surface area contributed by atoms with Crippen LogP contribution in [0.25, 0.3) is 0 Å². The molecular formula is C35H39F6N3O6S2. The number of carboxylic acid groups (broad SMARTS) is 1. The van der Waals surface area contributed by atoms with Gasteiger partial charge in [-0.3, -0.25) is 19.5 Å². The highest BCUT2D eigenvalue weighted by Gasteiger charge is 2.56. The molecular weight excluding hydrogens is 737 g/mol. The smallest absolute Gasteiger partial charge is 0.425 e. The Morgan fingerprint density at radius 1 is 1.06 bits per heavy atom. The Balaban J connectivity index is 1.49. The van der Waals surface area contributed by atoms with Gasteiger partial charge in [-0.05, 0) is 55.9 Å². The van der Waals surface area contributed by atoms with Gasteiger partial charge in [-0.25, -0.2) is 0 Å². The number of pyridine rings is 1. The number of nitrogens with zero attached hydrogens (tertiary/aromatic N) is 3. The number of halogens is 6. The Labute approximate surface area is 304 Å². The summed E-state index contributed by atoms with van der Waals surface area (Å²) in [6, 6.07) is 8.61. The van der Waals surface area contributed by atoms with E-state index in [1.54, 1.807) is 31.2 Å². The molecule has 1 aromatic carbocycles. The van der Waals surface area contributed by atoms with Crippen LogP contribution in [0.2, 0.25) is 0 Å². The highest BCUT2D eigenvalue weighted by molar-refractivity contribution is 7.99. The molecule has 0 saturated carbocycles. The second-order valence-corrected chi connectivity index (χ2v) is 14.9. The van der Waals surface area contributed by atoms with E-state index in [0.717, 1.165) is 29.8 Å². The normalized spacial score (nSPS) is 21.9. The van der Waals surface area contributed by atoms with Crippen molar-refractivity contribution in [2.45, 2.75) is 92.6 Å². The van der Waals surface area contributed by atoms with Gasteiger partial charge in [-0.15, -0.1) is 23.1 Å². The van der Waals surface area contributed by atoms with E-state index in [2.05, 4.69) is 4.98 Å². The molecule has 1 unspecified atom stereocenters. The van der Waals surface area contributed by atoms with Gasteiger partial charge in [0, 0.05) is 47.9 Å². The lowest BCUT2D eigenvalue weighted by molar-refractivity contribution is -0.177. The van der Waals surface area contributed by atoms with Crippen LogP contribution < -0.4 is 4.74 Å². The zero-order valence-electron chi connectivity index (χ0n) is 28.1. The number of ether oxygens (including phenoxy) is 1. The lowest BCUT2D eigenvalue weighted by atomic mass is 9.78. The molecule has 9 nitrogen and oxygen atoms in total. The number of thiophene rings is 1. The van der Waals surface area contributed by atoms with Crippen molar-refractivity contribution in [3.05, 3.63) is 75.7 Å². The van der Waals surface area contributed by atoms with Gasteiger partial charge in [0.05, 0.1) is 29.3 Å². The molecule has 0 bridgehead atoms. The Morgan fingerprint density at radius 3 is 2.40 bits per heavy atom. The fourth-order valence-electron chi connectivity index (χ4n) is 7.09. The average Bonchev–Trinajstić information content (AvgIpc) is 3.58. The number of thioether (sulfide) groups is 1. The van der Waals surface area contributed by atoms with Crippen LogP contribution in [0.1, 0.15) is 79.8 Å². The highest BCUT2D eigenvalue weighted by Crippen LogP contribution is 2.46. The summed E-state index contributed by atoms with van der Waals surface area (Å²) in [7, 11) is 0. The number of piperidine rings is 2. The molecule has 3 aromatic rings. The lowest BCUT2D eigenvalue weighted by Gasteiger charge is -2.52. The minimum atomic E-state index is -4.85. The summed E-state index contributed by atoms with van der Waals surface area (Å²) in [6.45, 7) is 1.83. The number of carboxylic acids is 1. The van der Waals surface area contributed by atoms with E-state index in [4.69, 9.17) is 9.84 Å². The van der Waals surface area contributed by atoms with Crippen LogP contribution in [0, 0.1) is 0 Å². The van der Waals surface area contributed by atoms with Gasteiger partial charge in [-0.2, -0.15) is 26.3 Å². The zero-order chi connectivity index (χ0) is 37.9. The second kappa shape index (κ2) is 15.9. The van der Waals surface area contributed by atoms with Crippen LogP contribution in [-0.2, 0) is 27.5 Å². The Kier molecular flexibility index (Phi) is 12.2. The van der Waals surface area contributed by atoms with E-state index in [-0.39, 0.29) is 69.7 Å². The van der Waals surface area contributed by atoms with Crippen molar-refractivity contribution in [1.82, 2.24) is 14.8 Å². The Bertz CT molecular complexity index is 1710. The van der Waals surface area contributed by atoms with Crippen LogP contribution in [0.4, 0.5) is 26.3 Å². The van der Waals surface area contributed by atoms with Crippen molar-refractivity contribution in [1.29, 1.82) is 0 Å². The van der Waals surface area contributed by atoms with E-state index >= 15 is 0 Å². The third-order valence-electron chi connectivity index (χ3n) is 9.52. The van der Waals surface area contributed by atoms with E-state index < -0.39 is 63.8 Å².